The molecule has 0 aromatic carbocycles. The van der Waals surface area contributed by atoms with E-state index < -0.39 is 56.9 Å². The number of halogens is 8. The van der Waals surface area contributed by atoms with Crippen molar-refractivity contribution < 1.29 is 53.5 Å². The van der Waals surface area contributed by atoms with E-state index >= 15 is 0 Å². The van der Waals surface area contributed by atoms with Gasteiger partial charge in [-0.3, -0.25) is 0 Å². The third-order valence-electron chi connectivity index (χ3n) is 5.44. The van der Waals surface area contributed by atoms with Crippen molar-refractivity contribution in [1.82, 2.24) is 0 Å². The van der Waals surface area contributed by atoms with E-state index in [0.29, 0.717) is 19.8 Å². The zero-order valence-corrected chi connectivity index (χ0v) is 18.2. The van der Waals surface area contributed by atoms with Gasteiger partial charge in [-0.2, -0.15) is 26.3 Å². The van der Waals surface area contributed by atoms with E-state index in [2.05, 4.69) is 0 Å². The first kappa shape index (κ1) is 27.5. The third kappa shape index (κ3) is 5.27. The monoisotopic (exact) mass is 476 g/mol. The molecule has 2 aliphatic carbocycles. The Labute approximate surface area is 171 Å². The van der Waals surface area contributed by atoms with Gasteiger partial charge in [0.25, 0.3) is 11.5 Å². The average Bonchev–Trinajstić information content (AvgIpc) is 3.12. The van der Waals surface area contributed by atoms with E-state index in [0.717, 1.165) is 0 Å². The highest BCUT2D eigenvalue weighted by atomic mass is 28.4. The van der Waals surface area contributed by atoms with Crippen LogP contribution in [-0.4, -0.2) is 57.6 Å². The normalized spacial score (nSPS) is 26.5. The van der Waals surface area contributed by atoms with Gasteiger partial charge in [-0.15, -0.1) is 0 Å². The van der Waals surface area contributed by atoms with Crippen LogP contribution in [0.1, 0.15) is 40.0 Å². The fourth-order valence-corrected chi connectivity index (χ4v) is 6.10. The average molecular weight is 476 g/mol. The van der Waals surface area contributed by atoms with Gasteiger partial charge < -0.3 is 18.4 Å². The van der Waals surface area contributed by atoms with E-state index in [-0.39, 0.29) is 12.8 Å². The summed E-state index contributed by atoms with van der Waals surface area (Å²) in [4.78, 5) is 0. The smallest absolute Gasteiger partial charge is 0.374 e. The first-order chi connectivity index (χ1) is 13.5. The van der Waals surface area contributed by atoms with Crippen LogP contribution in [0.2, 0.25) is 6.55 Å². The Balaban J connectivity index is 0.000000352. The molecule has 0 aliphatic heterocycles. The Bertz CT molecular complexity index is 524. The molecule has 4 nitrogen and oxygen atoms in total. The summed E-state index contributed by atoms with van der Waals surface area (Å²) in [5.74, 6) is -10.3. The minimum absolute atomic E-state index is 0.111. The molecular formula is C17H28F8O4Si. The lowest BCUT2D eigenvalue weighted by Gasteiger charge is -2.43. The van der Waals surface area contributed by atoms with Crippen molar-refractivity contribution in [2.45, 2.75) is 70.5 Å². The van der Waals surface area contributed by atoms with Crippen LogP contribution in [-0.2, 0) is 13.3 Å². The molecule has 2 rings (SSSR count). The summed E-state index contributed by atoms with van der Waals surface area (Å²) in [7, 11) is -2.25. The topological polar surface area (TPSA) is 47.9 Å². The van der Waals surface area contributed by atoms with Crippen molar-refractivity contribution in [1.29, 1.82) is 0 Å². The fourth-order valence-electron chi connectivity index (χ4n) is 4.28. The Hall–Kier alpha value is -0.503. The summed E-state index contributed by atoms with van der Waals surface area (Å²) in [6, 6.07) is 0. The summed E-state index contributed by atoms with van der Waals surface area (Å²) in [5, 5.41) is 9.11. The molecule has 0 saturated heterocycles. The first-order valence-electron chi connectivity index (χ1n) is 9.67. The van der Waals surface area contributed by atoms with E-state index in [1.165, 1.54) is 0 Å². The molecule has 0 radical (unpaired) electrons. The lowest BCUT2D eigenvalue weighted by atomic mass is 9.73. The van der Waals surface area contributed by atoms with Crippen molar-refractivity contribution in [2.75, 3.05) is 19.8 Å². The number of hydrogen-bond donors (Lipinski definition) is 1. The van der Waals surface area contributed by atoms with Crippen LogP contribution in [0.25, 0.3) is 0 Å². The van der Waals surface area contributed by atoms with Crippen molar-refractivity contribution >= 4 is 8.80 Å². The molecule has 0 amide bonds. The highest BCUT2D eigenvalue weighted by Crippen LogP contribution is 2.65. The van der Waals surface area contributed by atoms with E-state index in [1.807, 2.05) is 27.3 Å². The minimum atomic E-state index is -6.19. The van der Waals surface area contributed by atoms with Crippen molar-refractivity contribution in [3.05, 3.63) is 0 Å². The van der Waals surface area contributed by atoms with Gasteiger partial charge in [0.15, 0.2) is 0 Å². The summed E-state index contributed by atoms with van der Waals surface area (Å²) >= 11 is 0. The zero-order chi connectivity index (χ0) is 23.6. The minimum Gasteiger partial charge on any atom is -0.374 e. The van der Waals surface area contributed by atoms with Gasteiger partial charge >= 0.3 is 21.2 Å². The molecule has 3 atom stereocenters. The number of rotatable bonds is 7. The maximum absolute atomic E-state index is 13.7. The van der Waals surface area contributed by atoms with E-state index in [4.69, 9.17) is 18.4 Å². The molecule has 0 spiro atoms. The molecule has 2 bridgehead atoms. The lowest BCUT2D eigenvalue weighted by Crippen LogP contribution is -2.66. The maximum Gasteiger partial charge on any atom is 0.497 e. The van der Waals surface area contributed by atoms with Crippen molar-refractivity contribution in [3.63, 3.8) is 0 Å². The summed E-state index contributed by atoms with van der Waals surface area (Å²) < 4.78 is 119. The second kappa shape index (κ2) is 9.55. The van der Waals surface area contributed by atoms with Crippen LogP contribution in [0.4, 0.5) is 35.1 Å². The molecule has 0 aromatic heterocycles. The van der Waals surface area contributed by atoms with Gasteiger partial charge in [-0.25, -0.2) is 8.78 Å². The summed E-state index contributed by atoms with van der Waals surface area (Å²) in [6.45, 7) is 9.73. The maximum atomic E-state index is 13.7. The van der Waals surface area contributed by atoms with Crippen molar-refractivity contribution in [2.24, 2.45) is 17.8 Å². The Morgan fingerprint density at radius 1 is 0.867 bits per heavy atom. The molecule has 180 valence electrons. The van der Waals surface area contributed by atoms with Crippen LogP contribution in [0.15, 0.2) is 0 Å². The largest absolute Gasteiger partial charge is 0.497 e. The second-order valence-electron chi connectivity index (χ2n) is 7.35. The molecule has 2 aliphatic rings. The van der Waals surface area contributed by atoms with Crippen LogP contribution < -0.4 is 0 Å². The molecule has 3 unspecified atom stereocenters. The predicted molar refractivity (Wildman–Crippen MR) is 92.8 cm³/mol. The van der Waals surface area contributed by atoms with Gasteiger partial charge in [0.05, 0.1) is 5.92 Å². The quantitative estimate of drug-likeness (QED) is 0.406. The van der Waals surface area contributed by atoms with Crippen LogP contribution >= 0.6 is 0 Å². The SMILES string of the molecule is CCO[Si](C)(OCC)OCC.OC(C1C2CCC(C2)C1(F)F)(C(F)(F)F)C(F)(F)F. The fraction of sp³-hybridized carbons (Fsp3) is 1.00. The van der Waals surface area contributed by atoms with Gasteiger partial charge in [0.1, 0.15) is 0 Å². The Morgan fingerprint density at radius 3 is 1.53 bits per heavy atom. The number of aliphatic hydroxyl groups is 1. The number of alkyl halides is 8. The van der Waals surface area contributed by atoms with Gasteiger partial charge in [-0.1, -0.05) is 0 Å². The van der Waals surface area contributed by atoms with Crippen LogP contribution in [0.5, 0.6) is 0 Å². The lowest BCUT2D eigenvalue weighted by molar-refractivity contribution is -0.405. The molecule has 13 heteroatoms. The standard InChI is InChI=1S/C10H10F8O.C7H18O3Si/c11-7(12)5-2-1-4(3-5)6(7)8(19,9(13,14)15)10(16,17)18;1-5-8-11(4,9-6-2)10-7-3/h4-6,19H,1-3H2;5-7H2,1-4H3. The Morgan fingerprint density at radius 2 is 1.27 bits per heavy atom. The third-order valence-corrected chi connectivity index (χ3v) is 7.88. The van der Waals surface area contributed by atoms with Gasteiger partial charge in [-0.05, 0) is 46.0 Å². The van der Waals surface area contributed by atoms with Gasteiger partial charge in [0.2, 0.25) is 0 Å². The van der Waals surface area contributed by atoms with Gasteiger partial charge in [0, 0.05) is 32.3 Å². The molecule has 1 N–H and O–H groups in total. The Kier molecular flexibility index (Phi) is 8.76. The summed E-state index contributed by atoms with van der Waals surface area (Å²) in [5.41, 5.74) is -5.36. The first-order valence-corrected chi connectivity index (χ1v) is 11.9. The van der Waals surface area contributed by atoms with E-state index in [1.54, 1.807) is 0 Å². The van der Waals surface area contributed by atoms with E-state index in [9.17, 15) is 35.1 Å². The molecule has 2 saturated carbocycles. The predicted octanol–water partition coefficient (Wildman–Crippen LogP) is 5.19. The molecule has 0 aromatic rings. The van der Waals surface area contributed by atoms with Crippen LogP contribution in [0.3, 0.4) is 0 Å². The molecule has 30 heavy (non-hydrogen) atoms. The number of hydrogen-bond acceptors (Lipinski definition) is 4. The number of fused-ring (bicyclic) bond motifs is 2. The molecular weight excluding hydrogens is 448 g/mol. The summed E-state index contributed by atoms with van der Waals surface area (Å²) in [6.07, 6.45) is -13.1. The zero-order valence-electron chi connectivity index (χ0n) is 17.2. The molecule has 2 fully saturated rings. The highest BCUT2D eigenvalue weighted by Gasteiger charge is 2.82. The highest BCUT2D eigenvalue weighted by molar-refractivity contribution is 6.59. The second-order valence-corrected chi connectivity index (χ2v) is 9.94. The van der Waals surface area contributed by atoms with Crippen LogP contribution in [0, 0.1) is 17.8 Å². The van der Waals surface area contributed by atoms with Crippen molar-refractivity contribution in [3.8, 4) is 0 Å². The molecule has 0 heterocycles.